The minimum atomic E-state index is 0.334. The molecular formula is C18H27N3. The summed E-state index contributed by atoms with van der Waals surface area (Å²) in [5, 5.41) is 8.33. The highest BCUT2D eigenvalue weighted by Crippen LogP contribution is 2.19. The number of aromatic nitrogens is 2. The zero-order valence-corrected chi connectivity index (χ0v) is 13.6. The first-order chi connectivity index (χ1) is 10.1. The van der Waals surface area contributed by atoms with Crippen molar-refractivity contribution in [3.8, 4) is 0 Å². The lowest BCUT2D eigenvalue weighted by molar-refractivity contribution is 0.499. The molecule has 0 fully saturated rings. The maximum absolute atomic E-state index is 4.68. The van der Waals surface area contributed by atoms with Crippen molar-refractivity contribution in [1.82, 2.24) is 15.1 Å². The van der Waals surface area contributed by atoms with Gasteiger partial charge in [-0.25, -0.2) is 0 Å². The van der Waals surface area contributed by atoms with Crippen molar-refractivity contribution < 1.29 is 0 Å². The molecule has 0 saturated heterocycles. The standard InChI is InChI=1S/C18H27N3/c1-5-10-19-18(16-8-6-7-15(4)12-16)13-17-9-11-21(20-17)14(2)3/h6-9,11-12,14,18-19H,5,10,13H2,1-4H3. The molecule has 0 spiro atoms. The van der Waals surface area contributed by atoms with Crippen LogP contribution in [0.4, 0.5) is 0 Å². The molecule has 0 aliphatic heterocycles. The van der Waals surface area contributed by atoms with Crippen LogP contribution in [0, 0.1) is 6.92 Å². The largest absolute Gasteiger partial charge is 0.310 e. The number of nitrogens with one attached hydrogen (secondary N) is 1. The van der Waals surface area contributed by atoms with Gasteiger partial charge in [0, 0.05) is 24.7 Å². The van der Waals surface area contributed by atoms with E-state index >= 15 is 0 Å². The minimum absolute atomic E-state index is 0.334. The van der Waals surface area contributed by atoms with Crippen LogP contribution in [0.2, 0.25) is 0 Å². The van der Waals surface area contributed by atoms with E-state index in [1.807, 2.05) is 4.68 Å². The van der Waals surface area contributed by atoms with Crippen LogP contribution in [0.5, 0.6) is 0 Å². The highest BCUT2D eigenvalue weighted by Gasteiger charge is 2.13. The van der Waals surface area contributed by atoms with Crippen LogP contribution in [0.1, 0.15) is 56.1 Å². The fraction of sp³-hybridized carbons (Fsp3) is 0.500. The van der Waals surface area contributed by atoms with E-state index in [9.17, 15) is 0 Å². The Morgan fingerprint density at radius 2 is 2.05 bits per heavy atom. The second kappa shape index (κ2) is 7.41. The van der Waals surface area contributed by atoms with Crippen molar-refractivity contribution in [3.05, 3.63) is 53.3 Å². The zero-order valence-electron chi connectivity index (χ0n) is 13.6. The molecule has 1 unspecified atom stereocenters. The van der Waals surface area contributed by atoms with Crippen molar-refractivity contribution in [2.75, 3.05) is 6.54 Å². The molecule has 21 heavy (non-hydrogen) atoms. The molecule has 0 aliphatic carbocycles. The summed E-state index contributed by atoms with van der Waals surface area (Å²) in [7, 11) is 0. The molecule has 3 nitrogen and oxygen atoms in total. The topological polar surface area (TPSA) is 29.9 Å². The Hall–Kier alpha value is -1.61. The Morgan fingerprint density at radius 3 is 2.67 bits per heavy atom. The van der Waals surface area contributed by atoms with E-state index in [2.05, 4.69) is 74.6 Å². The van der Waals surface area contributed by atoms with Crippen molar-refractivity contribution in [3.63, 3.8) is 0 Å². The minimum Gasteiger partial charge on any atom is -0.310 e. The van der Waals surface area contributed by atoms with Crippen molar-refractivity contribution >= 4 is 0 Å². The third-order valence-electron chi connectivity index (χ3n) is 3.69. The predicted octanol–water partition coefficient (Wildman–Crippen LogP) is 4.06. The molecule has 0 saturated carbocycles. The normalized spacial score (nSPS) is 12.8. The molecule has 1 heterocycles. The summed E-state index contributed by atoms with van der Waals surface area (Å²) in [6.45, 7) is 9.69. The lowest BCUT2D eigenvalue weighted by Gasteiger charge is -2.18. The van der Waals surface area contributed by atoms with Crippen LogP contribution < -0.4 is 5.32 Å². The second-order valence-electron chi connectivity index (χ2n) is 6.01. The summed E-state index contributed by atoms with van der Waals surface area (Å²) in [5.41, 5.74) is 3.81. The molecule has 3 heteroatoms. The lowest BCUT2D eigenvalue weighted by Crippen LogP contribution is -2.24. The number of rotatable bonds is 7. The number of hydrogen-bond donors (Lipinski definition) is 1. The molecule has 0 radical (unpaired) electrons. The summed E-state index contributed by atoms with van der Waals surface area (Å²) in [5.74, 6) is 0. The summed E-state index contributed by atoms with van der Waals surface area (Å²) >= 11 is 0. The smallest absolute Gasteiger partial charge is 0.0643 e. The van der Waals surface area contributed by atoms with Gasteiger partial charge in [-0.05, 0) is 45.4 Å². The Labute approximate surface area is 128 Å². The number of nitrogens with zero attached hydrogens (tertiary/aromatic N) is 2. The van der Waals surface area contributed by atoms with E-state index in [-0.39, 0.29) is 0 Å². The van der Waals surface area contributed by atoms with Crippen LogP contribution in [-0.4, -0.2) is 16.3 Å². The van der Waals surface area contributed by atoms with Crippen LogP contribution in [-0.2, 0) is 6.42 Å². The lowest BCUT2D eigenvalue weighted by atomic mass is 10.00. The number of benzene rings is 1. The summed E-state index contributed by atoms with van der Waals surface area (Å²) in [4.78, 5) is 0. The van der Waals surface area contributed by atoms with Crippen molar-refractivity contribution in [2.24, 2.45) is 0 Å². The fourth-order valence-electron chi connectivity index (χ4n) is 2.50. The predicted molar refractivity (Wildman–Crippen MR) is 88.5 cm³/mol. The second-order valence-corrected chi connectivity index (χ2v) is 6.01. The SMILES string of the molecule is CCCNC(Cc1ccn(C(C)C)n1)c1cccc(C)c1. The molecule has 0 bridgehead atoms. The Bertz CT molecular complexity index is 557. The van der Waals surface area contributed by atoms with Crippen LogP contribution in [0.15, 0.2) is 36.5 Å². The number of aryl methyl sites for hydroxylation is 1. The average Bonchev–Trinajstić information content (AvgIpc) is 2.92. The van der Waals surface area contributed by atoms with Gasteiger partial charge in [0.25, 0.3) is 0 Å². The molecule has 1 aromatic carbocycles. The molecule has 0 aliphatic rings. The Balaban J connectivity index is 2.15. The van der Waals surface area contributed by atoms with E-state index < -0.39 is 0 Å². The van der Waals surface area contributed by atoms with Crippen molar-refractivity contribution in [1.29, 1.82) is 0 Å². The first kappa shape index (κ1) is 15.8. The van der Waals surface area contributed by atoms with Gasteiger partial charge in [0.2, 0.25) is 0 Å². The van der Waals surface area contributed by atoms with Gasteiger partial charge < -0.3 is 5.32 Å². The molecule has 2 aromatic rings. The molecule has 0 amide bonds. The van der Waals surface area contributed by atoms with Gasteiger partial charge >= 0.3 is 0 Å². The van der Waals surface area contributed by atoms with Gasteiger partial charge in [0.05, 0.1) is 5.69 Å². The van der Waals surface area contributed by atoms with Gasteiger partial charge in [-0.3, -0.25) is 4.68 Å². The third-order valence-corrected chi connectivity index (χ3v) is 3.69. The monoisotopic (exact) mass is 285 g/mol. The highest BCUT2D eigenvalue weighted by atomic mass is 15.3. The van der Waals surface area contributed by atoms with Gasteiger partial charge in [-0.2, -0.15) is 5.10 Å². The van der Waals surface area contributed by atoms with Crippen LogP contribution >= 0.6 is 0 Å². The molecular weight excluding hydrogens is 258 g/mol. The van der Waals surface area contributed by atoms with Gasteiger partial charge in [-0.15, -0.1) is 0 Å². The molecule has 2 rings (SSSR count). The van der Waals surface area contributed by atoms with Gasteiger partial charge in [0.1, 0.15) is 0 Å². The Morgan fingerprint density at radius 1 is 1.24 bits per heavy atom. The fourth-order valence-corrected chi connectivity index (χ4v) is 2.50. The van der Waals surface area contributed by atoms with E-state index in [4.69, 9.17) is 0 Å². The molecule has 1 aromatic heterocycles. The molecule has 1 N–H and O–H groups in total. The maximum atomic E-state index is 4.68. The van der Waals surface area contributed by atoms with E-state index in [1.54, 1.807) is 0 Å². The van der Waals surface area contributed by atoms with E-state index in [1.165, 1.54) is 11.1 Å². The number of hydrogen-bond acceptors (Lipinski definition) is 2. The van der Waals surface area contributed by atoms with E-state index in [0.717, 1.165) is 25.1 Å². The van der Waals surface area contributed by atoms with E-state index in [0.29, 0.717) is 12.1 Å². The third kappa shape index (κ3) is 4.43. The van der Waals surface area contributed by atoms with Gasteiger partial charge in [0.15, 0.2) is 0 Å². The first-order valence-corrected chi connectivity index (χ1v) is 7.94. The summed E-state index contributed by atoms with van der Waals surface area (Å²) < 4.78 is 2.03. The zero-order chi connectivity index (χ0) is 15.2. The van der Waals surface area contributed by atoms with Crippen molar-refractivity contribution in [2.45, 2.75) is 52.6 Å². The molecule has 1 atom stereocenters. The maximum Gasteiger partial charge on any atom is 0.0643 e. The quantitative estimate of drug-likeness (QED) is 0.831. The summed E-state index contributed by atoms with van der Waals surface area (Å²) in [6, 6.07) is 11.6. The van der Waals surface area contributed by atoms with Crippen LogP contribution in [0.25, 0.3) is 0 Å². The Kier molecular flexibility index (Phi) is 5.57. The highest BCUT2D eigenvalue weighted by molar-refractivity contribution is 5.26. The van der Waals surface area contributed by atoms with Crippen LogP contribution in [0.3, 0.4) is 0 Å². The first-order valence-electron chi connectivity index (χ1n) is 7.94. The molecule has 114 valence electrons. The average molecular weight is 285 g/mol. The summed E-state index contributed by atoms with van der Waals surface area (Å²) in [6.07, 6.45) is 4.15. The van der Waals surface area contributed by atoms with Gasteiger partial charge in [-0.1, -0.05) is 36.8 Å².